The molecule has 3 heteroatoms. The van der Waals surface area contributed by atoms with Gasteiger partial charge in [0.2, 0.25) is 5.91 Å². The topological polar surface area (TPSA) is 40.5 Å². The summed E-state index contributed by atoms with van der Waals surface area (Å²) in [6.07, 6.45) is 3.27. The van der Waals surface area contributed by atoms with Crippen molar-refractivity contribution in [1.82, 2.24) is 4.90 Å². The molecule has 1 aliphatic rings. The molecular weight excluding hydrogens is 238 g/mol. The summed E-state index contributed by atoms with van der Waals surface area (Å²) < 4.78 is 0. The summed E-state index contributed by atoms with van der Waals surface area (Å²) >= 11 is 0. The van der Waals surface area contributed by atoms with Crippen LogP contribution >= 0.6 is 0 Å². The second-order valence-corrected chi connectivity index (χ2v) is 5.49. The SMILES string of the molecule is Cc1ccc(CCC(=O)N2CCC(CCO)C2)cc1. The minimum absolute atomic E-state index is 0.232. The van der Waals surface area contributed by atoms with Gasteiger partial charge in [0.05, 0.1) is 0 Å². The van der Waals surface area contributed by atoms with Crippen molar-refractivity contribution >= 4 is 5.91 Å². The molecule has 0 aromatic heterocycles. The first kappa shape index (κ1) is 14.1. The molecule has 1 amide bonds. The van der Waals surface area contributed by atoms with Gasteiger partial charge in [-0.05, 0) is 37.7 Å². The number of aliphatic hydroxyl groups excluding tert-OH is 1. The Morgan fingerprint density at radius 1 is 1.37 bits per heavy atom. The molecule has 1 heterocycles. The molecule has 104 valence electrons. The highest BCUT2D eigenvalue weighted by atomic mass is 16.3. The first-order valence-corrected chi connectivity index (χ1v) is 7.13. The predicted molar refractivity (Wildman–Crippen MR) is 75.9 cm³/mol. The van der Waals surface area contributed by atoms with Crippen molar-refractivity contribution in [3.8, 4) is 0 Å². The van der Waals surface area contributed by atoms with Gasteiger partial charge in [-0.25, -0.2) is 0 Å². The van der Waals surface area contributed by atoms with Crippen LogP contribution in [0.4, 0.5) is 0 Å². The first-order valence-electron chi connectivity index (χ1n) is 7.13. The van der Waals surface area contributed by atoms with Gasteiger partial charge in [0.25, 0.3) is 0 Å². The number of aliphatic hydroxyl groups is 1. The third-order valence-corrected chi connectivity index (χ3v) is 3.92. The molecule has 0 bridgehead atoms. The Kier molecular flexibility index (Phi) is 4.97. The molecule has 0 radical (unpaired) electrons. The summed E-state index contributed by atoms with van der Waals surface area (Å²) in [4.78, 5) is 14.1. The predicted octanol–water partition coefficient (Wildman–Crippen LogP) is 2.16. The summed E-state index contributed by atoms with van der Waals surface area (Å²) in [6, 6.07) is 8.38. The maximum absolute atomic E-state index is 12.1. The summed E-state index contributed by atoms with van der Waals surface area (Å²) in [6.45, 7) is 3.99. The average molecular weight is 261 g/mol. The maximum Gasteiger partial charge on any atom is 0.222 e. The molecule has 2 rings (SSSR count). The number of benzene rings is 1. The Bertz CT molecular complexity index is 413. The number of nitrogens with zero attached hydrogens (tertiary/aromatic N) is 1. The largest absolute Gasteiger partial charge is 0.396 e. The number of carbonyl (C=O) groups is 1. The zero-order chi connectivity index (χ0) is 13.7. The standard InChI is InChI=1S/C16H23NO2/c1-13-2-4-14(5-3-13)6-7-16(19)17-10-8-15(12-17)9-11-18/h2-5,15,18H,6-12H2,1H3. The highest BCUT2D eigenvalue weighted by Crippen LogP contribution is 2.20. The number of hydrogen-bond donors (Lipinski definition) is 1. The second-order valence-electron chi connectivity index (χ2n) is 5.49. The molecule has 1 aromatic carbocycles. The molecule has 1 aromatic rings. The van der Waals surface area contributed by atoms with E-state index < -0.39 is 0 Å². The number of aryl methyl sites for hydroxylation is 2. The molecule has 0 aliphatic carbocycles. The van der Waals surface area contributed by atoms with Gasteiger partial charge in [-0.2, -0.15) is 0 Å². The highest BCUT2D eigenvalue weighted by Gasteiger charge is 2.25. The van der Waals surface area contributed by atoms with Crippen LogP contribution in [-0.2, 0) is 11.2 Å². The van der Waals surface area contributed by atoms with E-state index in [0.29, 0.717) is 12.3 Å². The van der Waals surface area contributed by atoms with Crippen LogP contribution in [0.25, 0.3) is 0 Å². The van der Waals surface area contributed by atoms with E-state index in [-0.39, 0.29) is 12.5 Å². The van der Waals surface area contributed by atoms with Gasteiger partial charge in [-0.3, -0.25) is 4.79 Å². The van der Waals surface area contributed by atoms with Crippen molar-refractivity contribution in [2.75, 3.05) is 19.7 Å². The third-order valence-electron chi connectivity index (χ3n) is 3.92. The Hall–Kier alpha value is -1.35. The maximum atomic E-state index is 12.1. The molecule has 1 N–H and O–H groups in total. The van der Waals surface area contributed by atoms with Crippen LogP contribution in [0.2, 0.25) is 0 Å². The molecule has 1 atom stereocenters. The molecule has 0 saturated carbocycles. The van der Waals surface area contributed by atoms with Crippen molar-refractivity contribution in [1.29, 1.82) is 0 Å². The van der Waals surface area contributed by atoms with Gasteiger partial charge in [-0.1, -0.05) is 29.8 Å². The van der Waals surface area contributed by atoms with Gasteiger partial charge < -0.3 is 10.0 Å². The fourth-order valence-corrected chi connectivity index (χ4v) is 2.64. The normalized spacial score (nSPS) is 18.8. The lowest BCUT2D eigenvalue weighted by Gasteiger charge is -2.16. The molecule has 0 spiro atoms. The summed E-state index contributed by atoms with van der Waals surface area (Å²) in [7, 11) is 0. The summed E-state index contributed by atoms with van der Waals surface area (Å²) in [5.41, 5.74) is 2.48. The lowest BCUT2D eigenvalue weighted by molar-refractivity contribution is -0.130. The lowest BCUT2D eigenvalue weighted by atomic mass is 10.1. The van der Waals surface area contributed by atoms with E-state index in [0.717, 1.165) is 32.4 Å². The van der Waals surface area contributed by atoms with Gasteiger partial charge in [0.15, 0.2) is 0 Å². The molecule has 19 heavy (non-hydrogen) atoms. The summed E-state index contributed by atoms with van der Waals surface area (Å²) in [5, 5.41) is 8.92. The molecule has 1 saturated heterocycles. The Morgan fingerprint density at radius 3 is 2.79 bits per heavy atom. The molecule has 1 unspecified atom stereocenters. The molecule has 1 aliphatic heterocycles. The van der Waals surface area contributed by atoms with Crippen molar-refractivity contribution in [3.05, 3.63) is 35.4 Å². The van der Waals surface area contributed by atoms with Crippen molar-refractivity contribution in [2.24, 2.45) is 5.92 Å². The zero-order valence-electron chi connectivity index (χ0n) is 11.6. The van der Waals surface area contributed by atoms with E-state index >= 15 is 0 Å². The van der Waals surface area contributed by atoms with E-state index in [2.05, 4.69) is 31.2 Å². The summed E-state index contributed by atoms with van der Waals surface area (Å²) in [5.74, 6) is 0.745. The van der Waals surface area contributed by atoms with E-state index in [9.17, 15) is 4.79 Å². The first-order chi connectivity index (χ1) is 9.19. The van der Waals surface area contributed by atoms with Crippen LogP contribution < -0.4 is 0 Å². The molecular formula is C16H23NO2. The van der Waals surface area contributed by atoms with Crippen LogP contribution in [0.3, 0.4) is 0 Å². The fraction of sp³-hybridized carbons (Fsp3) is 0.562. The van der Waals surface area contributed by atoms with Gasteiger partial charge >= 0.3 is 0 Å². The van der Waals surface area contributed by atoms with Crippen LogP contribution in [0.5, 0.6) is 0 Å². The lowest BCUT2D eigenvalue weighted by Crippen LogP contribution is -2.28. The van der Waals surface area contributed by atoms with E-state index in [1.807, 2.05) is 4.90 Å². The van der Waals surface area contributed by atoms with Crippen LogP contribution in [0, 0.1) is 12.8 Å². The second kappa shape index (κ2) is 6.71. The minimum Gasteiger partial charge on any atom is -0.396 e. The Balaban J connectivity index is 1.77. The number of amides is 1. The average Bonchev–Trinajstić information content (AvgIpc) is 2.87. The minimum atomic E-state index is 0.232. The fourth-order valence-electron chi connectivity index (χ4n) is 2.64. The Labute approximate surface area is 115 Å². The zero-order valence-corrected chi connectivity index (χ0v) is 11.6. The van der Waals surface area contributed by atoms with E-state index in [1.54, 1.807) is 0 Å². The number of hydrogen-bond acceptors (Lipinski definition) is 2. The van der Waals surface area contributed by atoms with Crippen LogP contribution in [-0.4, -0.2) is 35.6 Å². The van der Waals surface area contributed by atoms with E-state index in [1.165, 1.54) is 11.1 Å². The van der Waals surface area contributed by atoms with Crippen LogP contribution in [0.1, 0.15) is 30.4 Å². The van der Waals surface area contributed by atoms with Gasteiger partial charge in [-0.15, -0.1) is 0 Å². The number of likely N-dealkylation sites (tertiary alicyclic amines) is 1. The van der Waals surface area contributed by atoms with Crippen molar-refractivity contribution in [2.45, 2.75) is 32.6 Å². The van der Waals surface area contributed by atoms with Gasteiger partial charge in [0, 0.05) is 26.1 Å². The van der Waals surface area contributed by atoms with Crippen molar-refractivity contribution < 1.29 is 9.90 Å². The smallest absolute Gasteiger partial charge is 0.222 e. The van der Waals surface area contributed by atoms with E-state index in [4.69, 9.17) is 5.11 Å². The highest BCUT2D eigenvalue weighted by molar-refractivity contribution is 5.76. The van der Waals surface area contributed by atoms with Gasteiger partial charge in [0.1, 0.15) is 0 Å². The molecule has 3 nitrogen and oxygen atoms in total. The molecule has 1 fully saturated rings. The number of rotatable bonds is 5. The quantitative estimate of drug-likeness (QED) is 0.882. The third kappa shape index (κ3) is 4.06. The van der Waals surface area contributed by atoms with Crippen LogP contribution in [0.15, 0.2) is 24.3 Å². The number of carbonyl (C=O) groups excluding carboxylic acids is 1. The van der Waals surface area contributed by atoms with Crippen molar-refractivity contribution in [3.63, 3.8) is 0 Å². The Morgan fingerprint density at radius 2 is 2.11 bits per heavy atom. The monoisotopic (exact) mass is 261 g/mol.